The predicted molar refractivity (Wildman–Crippen MR) is 120 cm³/mol. The Bertz CT molecular complexity index is 1330. The van der Waals surface area contributed by atoms with Gasteiger partial charge in [0.1, 0.15) is 5.76 Å². The molecule has 4 aromatic rings. The largest absolute Gasteiger partial charge is 0.426 e. The zero-order valence-corrected chi connectivity index (χ0v) is 17.0. The van der Waals surface area contributed by atoms with Gasteiger partial charge in [0.05, 0.1) is 29.8 Å². The fourth-order valence-corrected chi connectivity index (χ4v) is 3.00. The summed E-state index contributed by atoms with van der Waals surface area (Å²) in [6.45, 7) is 6.47. The van der Waals surface area contributed by atoms with Crippen molar-refractivity contribution in [3.63, 3.8) is 0 Å². The van der Waals surface area contributed by atoms with Gasteiger partial charge >= 0.3 is 6.01 Å². The van der Waals surface area contributed by atoms with E-state index in [0.717, 1.165) is 11.1 Å². The Hall–Kier alpha value is -4.26. The third-order valence-electron chi connectivity index (χ3n) is 4.68. The summed E-state index contributed by atoms with van der Waals surface area (Å²) in [5.74, 6) is 0.447. The van der Waals surface area contributed by atoms with Crippen LogP contribution in [0.25, 0.3) is 16.5 Å². The van der Waals surface area contributed by atoms with Crippen LogP contribution < -0.4 is 10.3 Å². The lowest BCUT2D eigenvalue weighted by atomic mass is 10.1. The highest BCUT2D eigenvalue weighted by Crippen LogP contribution is 2.16. The van der Waals surface area contributed by atoms with E-state index in [1.807, 2.05) is 48.3 Å². The van der Waals surface area contributed by atoms with Gasteiger partial charge in [0.2, 0.25) is 0 Å². The average molecular weight is 411 g/mol. The maximum Gasteiger partial charge on any atom is 0.302 e. The molecule has 0 spiro atoms. The number of nitrogens with zero attached hydrogens (tertiary/aromatic N) is 4. The van der Waals surface area contributed by atoms with E-state index in [1.54, 1.807) is 24.4 Å². The van der Waals surface area contributed by atoms with E-state index in [0.29, 0.717) is 23.2 Å². The van der Waals surface area contributed by atoms with E-state index in [9.17, 15) is 4.79 Å². The summed E-state index contributed by atoms with van der Waals surface area (Å²) in [6, 6.07) is 11.9. The maximum atomic E-state index is 12.2. The summed E-state index contributed by atoms with van der Waals surface area (Å²) >= 11 is 0. The molecule has 4 rings (SSSR count). The monoisotopic (exact) mass is 411 g/mol. The number of H-pyrrole nitrogens is 1. The normalized spacial score (nSPS) is 12.2. The van der Waals surface area contributed by atoms with E-state index in [-0.39, 0.29) is 11.6 Å². The summed E-state index contributed by atoms with van der Waals surface area (Å²) in [5, 5.41) is 4.89. The zero-order chi connectivity index (χ0) is 21.6. The number of ether oxygens (including phenoxy) is 1. The topological polar surface area (TPSA) is 85.7 Å². The van der Waals surface area contributed by atoms with Gasteiger partial charge in [-0.1, -0.05) is 43.0 Å². The summed E-state index contributed by atoms with van der Waals surface area (Å²) in [7, 11) is 0. The van der Waals surface area contributed by atoms with Gasteiger partial charge in [0.15, 0.2) is 0 Å². The van der Waals surface area contributed by atoms with Gasteiger partial charge < -0.3 is 4.74 Å². The minimum absolute atomic E-state index is 0.0818. The molecule has 0 atom stereocenters. The number of aromatic nitrogens is 5. The highest BCUT2D eigenvalue weighted by atomic mass is 16.5. The molecule has 0 fully saturated rings. The second-order valence-electron chi connectivity index (χ2n) is 6.90. The van der Waals surface area contributed by atoms with Gasteiger partial charge in [0, 0.05) is 18.0 Å². The van der Waals surface area contributed by atoms with Gasteiger partial charge in [-0.2, -0.15) is 10.1 Å². The molecule has 0 saturated heterocycles. The molecule has 0 unspecified atom stereocenters. The molecular weight excluding hydrogens is 390 g/mol. The fourth-order valence-electron chi connectivity index (χ4n) is 3.00. The number of nitrogens with one attached hydrogen (secondary N) is 1. The van der Waals surface area contributed by atoms with Crippen molar-refractivity contribution in [3.05, 3.63) is 113 Å². The number of fused-ring (bicyclic) bond motifs is 1. The Morgan fingerprint density at radius 1 is 1.19 bits per heavy atom. The van der Waals surface area contributed by atoms with Crippen LogP contribution >= 0.6 is 0 Å². The van der Waals surface area contributed by atoms with Crippen molar-refractivity contribution < 1.29 is 4.74 Å². The van der Waals surface area contributed by atoms with Crippen LogP contribution in [-0.4, -0.2) is 24.7 Å². The van der Waals surface area contributed by atoms with Crippen LogP contribution in [0.1, 0.15) is 18.1 Å². The second kappa shape index (κ2) is 9.04. The van der Waals surface area contributed by atoms with E-state index in [4.69, 9.17) is 4.74 Å². The Kier molecular flexibility index (Phi) is 5.84. The molecule has 1 aromatic carbocycles. The smallest absolute Gasteiger partial charge is 0.302 e. The van der Waals surface area contributed by atoms with E-state index in [2.05, 4.69) is 38.8 Å². The molecule has 7 heteroatoms. The first-order chi connectivity index (χ1) is 15.1. The van der Waals surface area contributed by atoms with Crippen LogP contribution in [-0.2, 0) is 6.54 Å². The molecule has 0 aliphatic carbocycles. The third kappa shape index (κ3) is 4.84. The van der Waals surface area contributed by atoms with Crippen LogP contribution in [0.5, 0.6) is 6.01 Å². The molecule has 0 radical (unpaired) electrons. The molecule has 0 bridgehead atoms. The van der Waals surface area contributed by atoms with Crippen LogP contribution in [0.3, 0.4) is 0 Å². The Labute approximate surface area is 179 Å². The minimum atomic E-state index is -0.289. The first-order valence-corrected chi connectivity index (χ1v) is 9.72. The molecule has 0 saturated carbocycles. The standard InChI is InChI=1S/C24H21N5O2/c1-3-20(31-24-27-22-14-25-12-11-21(22)23(30)28-24)10-9-17(2)19-13-26-29(16-19)15-18-7-5-4-6-8-18/h3-14,16H,1,15H2,2H3,(H,27,28,30)/b17-9+,20-10+. The number of hydrogen-bond donors (Lipinski definition) is 1. The molecule has 3 aromatic heterocycles. The number of allylic oxidation sites excluding steroid dienone is 4. The van der Waals surface area contributed by atoms with Crippen molar-refractivity contribution in [2.24, 2.45) is 0 Å². The molecule has 0 amide bonds. The summed E-state index contributed by atoms with van der Waals surface area (Å²) in [6.07, 6.45) is 12.1. The number of rotatable bonds is 7. The van der Waals surface area contributed by atoms with Crippen LogP contribution in [0.2, 0.25) is 0 Å². The number of hydrogen-bond acceptors (Lipinski definition) is 5. The average Bonchev–Trinajstić information content (AvgIpc) is 3.25. The molecule has 0 aliphatic rings. The summed E-state index contributed by atoms with van der Waals surface area (Å²) < 4.78 is 7.60. The molecule has 31 heavy (non-hydrogen) atoms. The van der Waals surface area contributed by atoms with Crippen molar-refractivity contribution in [3.8, 4) is 6.01 Å². The maximum absolute atomic E-state index is 12.2. The SMILES string of the molecule is C=C/C(=C\C=C(/C)c1cnn(Cc2ccccc2)c1)Oc1nc2cnccc2c(=O)[nH]1. The first kappa shape index (κ1) is 20.0. The Balaban J connectivity index is 1.50. The van der Waals surface area contributed by atoms with Crippen molar-refractivity contribution >= 4 is 16.5 Å². The van der Waals surface area contributed by atoms with E-state index in [1.165, 1.54) is 11.8 Å². The Morgan fingerprint density at radius 2 is 2.03 bits per heavy atom. The van der Waals surface area contributed by atoms with Gasteiger partial charge in [-0.25, -0.2) is 0 Å². The van der Waals surface area contributed by atoms with Gasteiger partial charge in [-0.05, 0) is 36.3 Å². The number of aromatic amines is 1. The molecular formula is C24H21N5O2. The fraction of sp³-hybridized carbons (Fsp3) is 0.0833. The number of pyridine rings is 1. The molecule has 3 heterocycles. The quantitative estimate of drug-likeness (QED) is 0.365. The molecule has 0 aliphatic heterocycles. The predicted octanol–water partition coefficient (Wildman–Crippen LogP) is 4.12. The van der Waals surface area contributed by atoms with E-state index < -0.39 is 0 Å². The molecule has 7 nitrogen and oxygen atoms in total. The van der Waals surface area contributed by atoms with Gasteiger partial charge in [0.25, 0.3) is 5.56 Å². The lowest BCUT2D eigenvalue weighted by Gasteiger charge is -2.05. The Morgan fingerprint density at radius 3 is 2.84 bits per heavy atom. The highest BCUT2D eigenvalue weighted by Gasteiger charge is 2.06. The van der Waals surface area contributed by atoms with Gasteiger partial charge in [-0.3, -0.25) is 19.4 Å². The third-order valence-corrected chi connectivity index (χ3v) is 4.68. The van der Waals surface area contributed by atoms with Crippen molar-refractivity contribution in [1.29, 1.82) is 0 Å². The van der Waals surface area contributed by atoms with Crippen molar-refractivity contribution in [1.82, 2.24) is 24.7 Å². The zero-order valence-electron chi connectivity index (χ0n) is 17.0. The lowest BCUT2D eigenvalue weighted by Crippen LogP contribution is -2.10. The van der Waals surface area contributed by atoms with Crippen LogP contribution in [0.4, 0.5) is 0 Å². The van der Waals surface area contributed by atoms with Gasteiger partial charge in [-0.15, -0.1) is 0 Å². The minimum Gasteiger partial charge on any atom is -0.426 e. The van der Waals surface area contributed by atoms with Crippen LogP contribution in [0.15, 0.2) is 96.5 Å². The summed E-state index contributed by atoms with van der Waals surface area (Å²) in [4.78, 5) is 23.1. The molecule has 154 valence electrons. The van der Waals surface area contributed by atoms with Crippen LogP contribution in [0, 0.1) is 0 Å². The highest BCUT2D eigenvalue weighted by molar-refractivity contribution is 5.76. The van der Waals surface area contributed by atoms with Crippen molar-refractivity contribution in [2.45, 2.75) is 13.5 Å². The van der Waals surface area contributed by atoms with E-state index >= 15 is 0 Å². The summed E-state index contributed by atoms with van der Waals surface area (Å²) in [5.41, 5.74) is 3.36. The number of benzene rings is 1. The lowest BCUT2D eigenvalue weighted by molar-refractivity contribution is 0.408. The first-order valence-electron chi connectivity index (χ1n) is 9.72. The molecule has 1 N–H and O–H groups in total. The van der Waals surface area contributed by atoms with Crippen molar-refractivity contribution in [2.75, 3.05) is 0 Å². The second-order valence-corrected chi connectivity index (χ2v) is 6.90.